The van der Waals surface area contributed by atoms with Crippen LogP contribution in [0.15, 0.2) is 53.0 Å². The van der Waals surface area contributed by atoms with Gasteiger partial charge in [-0.2, -0.15) is 0 Å². The first-order valence-corrected chi connectivity index (χ1v) is 6.49. The molecule has 0 amide bonds. The number of rotatable bonds is 2. The van der Waals surface area contributed by atoms with Crippen LogP contribution in [0.4, 0.5) is 0 Å². The van der Waals surface area contributed by atoms with Crippen LogP contribution in [-0.4, -0.2) is 0 Å². The third kappa shape index (κ3) is 2.39. The van der Waals surface area contributed by atoms with Gasteiger partial charge in [0.25, 0.3) is 0 Å². The molecule has 2 aromatic carbocycles. The van der Waals surface area contributed by atoms with E-state index in [4.69, 9.17) is 17.3 Å². The summed E-state index contributed by atoms with van der Waals surface area (Å²) in [7, 11) is 0. The van der Waals surface area contributed by atoms with Crippen molar-refractivity contribution in [3.05, 3.63) is 69.2 Å². The molecule has 0 heterocycles. The van der Waals surface area contributed by atoms with E-state index in [1.54, 1.807) is 0 Å². The number of hydrogen-bond acceptors (Lipinski definition) is 1. The molecular formula is C14H13BrClN. The Morgan fingerprint density at radius 3 is 2.12 bits per heavy atom. The second-order valence-electron chi connectivity index (χ2n) is 4.16. The van der Waals surface area contributed by atoms with Gasteiger partial charge in [-0.05, 0) is 30.2 Å². The maximum absolute atomic E-state index is 6.45. The van der Waals surface area contributed by atoms with Gasteiger partial charge in [-0.1, -0.05) is 63.9 Å². The van der Waals surface area contributed by atoms with Crippen LogP contribution in [-0.2, 0) is 5.54 Å². The smallest absolute Gasteiger partial charge is 0.0662 e. The summed E-state index contributed by atoms with van der Waals surface area (Å²) in [5, 5.41) is 0.688. The Labute approximate surface area is 115 Å². The van der Waals surface area contributed by atoms with Crippen molar-refractivity contribution in [2.75, 3.05) is 0 Å². The Morgan fingerprint density at radius 2 is 1.53 bits per heavy atom. The van der Waals surface area contributed by atoms with E-state index in [0.717, 1.165) is 15.6 Å². The van der Waals surface area contributed by atoms with E-state index in [2.05, 4.69) is 15.9 Å². The Kier molecular flexibility index (Phi) is 3.57. The second kappa shape index (κ2) is 4.81. The lowest BCUT2D eigenvalue weighted by Crippen LogP contribution is -2.35. The number of benzene rings is 2. The lowest BCUT2D eigenvalue weighted by Gasteiger charge is -2.28. The quantitative estimate of drug-likeness (QED) is 0.878. The SMILES string of the molecule is CC(N)(c1ccccc1Cl)c1ccccc1Br. The minimum absolute atomic E-state index is 0.613. The molecule has 0 spiro atoms. The topological polar surface area (TPSA) is 26.0 Å². The van der Waals surface area contributed by atoms with E-state index in [1.165, 1.54) is 0 Å². The molecule has 2 N–H and O–H groups in total. The van der Waals surface area contributed by atoms with E-state index in [9.17, 15) is 0 Å². The van der Waals surface area contributed by atoms with E-state index in [0.29, 0.717) is 5.02 Å². The van der Waals surface area contributed by atoms with Crippen LogP contribution in [0.2, 0.25) is 5.02 Å². The summed E-state index contributed by atoms with van der Waals surface area (Å²) < 4.78 is 0.991. The fraction of sp³-hybridized carbons (Fsp3) is 0.143. The first kappa shape index (κ1) is 12.6. The maximum Gasteiger partial charge on any atom is 0.0662 e. The van der Waals surface area contributed by atoms with Crippen molar-refractivity contribution in [2.24, 2.45) is 5.73 Å². The number of nitrogens with two attached hydrogens (primary N) is 1. The minimum Gasteiger partial charge on any atom is -0.318 e. The molecule has 2 aromatic rings. The van der Waals surface area contributed by atoms with Gasteiger partial charge in [0.1, 0.15) is 0 Å². The molecule has 0 saturated carbocycles. The molecule has 0 aliphatic rings. The summed E-state index contributed by atoms with van der Waals surface area (Å²) in [4.78, 5) is 0. The largest absolute Gasteiger partial charge is 0.318 e. The van der Waals surface area contributed by atoms with Gasteiger partial charge >= 0.3 is 0 Å². The predicted octanol–water partition coefficient (Wildman–Crippen LogP) is 4.32. The zero-order valence-corrected chi connectivity index (χ0v) is 11.8. The van der Waals surface area contributed by atoms with E-state index < -0.39 is 5.54 Å². The lowest BCUT2D eigenvalue weighted by atomic mass is 9.86. The van der Waals surface area contributed by atoms with Crippen molar-refractivity contribution >= 4 is 27.5 Å². The molecule has 0 bridgehead atoms. The van der Waals surface area contributed by atoms with Crippen LogP contribution in [0, 0.1) is 0 Å². The van der Waals surface area contributed by atoms with Crippen LogP contribution in [0.3, 0.4) is 0 Å². The van der Waals surface area contributed by atoms with Crippen molar-refractivity contribution in [1.82, 2.24) is 0 Å². The highest BCUT2D eigenvalue weighted by Gasteiger charge is 2.27. The van der Waals surface area contributed by atoms with Crippen LogP contribution >= 0.6 is 27.5 Å². The van der Waals surface area contributed by atoms with Crippen LogP contribution < -0.4 is 5.73 Å². The molecule has 17 heavy (non-hydrogen) atoms. The summed E-state index contributed by atoms with van der Waals surface area (Å²) in [5.74, 6) is 0. The first-order chi connectivity index (χ1) is 8.03. The van der Waals surface area contributed by atoms with Crippen molar-refractivity contribution in [2.45, 2.75) is 12.5 Å². The summed E-state index contributed by atoms with van der Waals surface area (Å²) >= 11 is 9.75. The lowest BCUT2D eigenvalue weighted by molar-refractivity contribution is 0.600. The van der Waals surface area contributed by atoms with Gasteiger partial charge in [-0.3, -0.25) is 0 Å². The Balaban J connectivity index is 2.58. The number of halogens is 2. The van der Waals surface area contributed by atoms with Crippen molar-refractivity contribution < 1.29 is 0 Å². The van der Waals surface area contributed by atoms with Gasteiger partial charge in [0.15, 0.2) is 0 Å². The summed E-state index contributed by atoms with van der Waals surface area (Å²) in [6.45, 7) is 1.97. The normalized spacial score (nSPS) is 14.4. The molecule has 0 radical (unpaired) electrons. The van der Waals surface area contributed by atoms with Gasteiger partial charge in [0.2, 0.25) is 0 Å². The molecule has 1 unspecified atom stereocenters. The van der Waals surface area contributed by atoms with Gasteiger partial charge in [0, 0.05) is 9.50 Å². The fourth-order valence-corrected chi connectivity index (χ4v) is 2.94. The van der Waals surface area contributed by atoms with Gasteiger partial charge in [-0.25, -0.2) is 0 Å². The van der Waals surface area contributed by atoms with E-state index >= 15 is 0 Å². The van der Waals surface area contributed by atoms with Crippen LogP contribution in [0.25, 0.3) is 0 Å². The third-order valence-corrected chi connectivity index (χ3v) is 3.89. The standard InChI is InChI=1S/C14H13BrClN/c1-14(17,10-6-2-4-8-12(10)15)11-7-3-5-9-13(11)16/h2-9H,17H2,1H3. The minimum atomic E-state index is -0.613. The highest BCUT2D eigenvalue weighted by Crippen LogP contribution is 2.35. The molecule has 0 aliphatic heterocycles. The average Bonchev–Trinajstić information content (AvgIpc) is 2.29. The average molecular weight is 311 g/mol. The third-order valence-electron chi connectivity index (χ3n) is 2.87. The zero-order valence-electron chi connectivity index (χ0n) is 9.45. The monoisotopic (exact) mass is 309 g/mol. The molecule has 0 aromatic heterocycles. The highest BCUT2D eigenvalue weighted by atomic mass is 79.9. The Hall–Kier alpha value is -0.830. The van der Waals surface area contributed by atoms with E-state index in [-0.39, 0.29) is 0 Å². The van der Waals surface area contributed by atoms with Crippen LogP contribution in [0.5, 0.6) is 0 Å². The summed E-state index contributed by atoms with van der Waals surface area (Å²) in [6.07, 6.45) is 0. The van der Waals surface area contributed by atoms with Crippen molar-refractivity contribution in [3.63, 3.8) is 0 Å². The number of hydrogen-bond donors (Lipinski definition) is 1. The molecule has 0 saturated heterocycles. The van der Waals surface area contributed by atoms with Crippen molar-refractivity contribution in [1.29, 1.82) is 0 Å². The maximum atomic E-state index is 6.45. The molecular weight excluding hydrogens is 298 g/mol. The molecule has 1 nitrogen and oxygen atoms in total. The summed E-state index contributed by atoms with van der Waals surface area (Å²) in [5.41, 5.74) is 7.78. The second-order valence-corrected chi connectivity index (χ2v) is 5.42. The molecule has 0 aliphatic carbocycles. The fourth-order valence-electron chi connectivity index (χ4n) is 1.91. The highest BCUT2D eigenvalue weighted by molar-refractivity contribution is 9.10. The first-order valence-electron chi connectivity index (χ1n) is 5.32. The van der Waals surface area contributed by atoms with Crippen molar-refractivity contribution in [3.8, 4) is 0 Å². The molecule has 88 valence electrons. The molecule has 1 atom stereocenters. The van der Waals surface area contributed by atoms with Crippen LogP contribution in [0.1, 0.15) is 18.1 Å². The Morgan fingerprint density at radius 1 is 1.00 bits per heavy atom. The predicted molar refractivity (Wildman–Crippen MR) is 76.2 cm³/mol. The summed E-state index contributed by atoms with van der Waals surface area (Å²) in [6, 6.07) is 15.6. The van der Waals surface area contributed by atoms with E-state index in [1.807, 2.05) is 55.5 Å². The Bertz CT molecular complexity index is 490. The molecule has 0 fully saturated rings. The van der Waals surface area contributed by atoms with Gasteiger partial charge < -0.3 is 5.73 Å². The zero-order chi connectivity index (χ0) is 12.5. The van der Waals surface area contributed by atoms with Gasteiger partial charge in [0.05, 0.1) is 5.54 Å². The molecule has 2 rings (SSSR count). The van der Waals surface area contributed by atoms with Gasteiger partial charge in [-0.15, -0.1) is 0 Å². The molecule has 3 heteroatoms.